The largest absolute Gasteiger partial charge is 0.390 e. The summed E-state index contributed by atoms with van der Waals surface area (Å²) in [7, 11) is 1.74. The van der Waals surface area contributed by atoms with Crippen LogP contribution in [0.1, 0.15) is 67.2 Å². The fourth-order valence-electron chi connectivity index (χ4n) is 7.95. The van der Waals surface area contributed by atoms with Gasteiger partial charge in [0.1, 0.15) is 30.5 Å². The highest BCUT2D eigenvalue weighted by Gasteiger charge is 2.52. The molecular weight excluding hydrogens is 552 g/mol. The Bertz CT molecular complexity index is 1080. The van der Waals surface area contributed by atoms with Gasteiger partial charge in [0.15, 0.2) is 12.1 Å². The molecule has 4 aliphatic carbocycles. The van der Waals surface area contributed by atoms with E-state index in [0.717, 1.165) is 36.8 Å². The van der Waals surface area contributed by atoms with Gasteiger partial charge in [-0.1, -0.05) is 44.6 Å². The van der Waals surface area contributed by atoms with E-state index in [9.17, 15) is 20.4 Å². The SMILES string of the molecule is CCOC(C)(OC[C@H]1O[C@H](O[C@@H]2C3=C(C(C)C)C=CC3(C)/C=C3/[C@@H](COC)CC[C@H]3[C@@H](C)[C@H]2O)C(O)C(O)C1O)C1CC1. The highest BCUT2D eigenvalue weighted by atomic mass is 16.7. The highest BCUT2D eigenvalue weighted by molar-refractivity contribution is 5.50. The van der Waals surface area contributed by atoms with Crippen molar-refractivity contribution in [3.8, 4) is 0 Å². The lowest BCUT2D eigenvalue weighted by atomic mass is 9.68. The number of methoxy groups -OCH3 is 1. The summed E-state index contributed by atoms with van der Waals surface area (Å²) in [6.07, 6.45) is 2.23. The Morgan fingerprint density at radius 3 is 2.35 bits per heavy atom. The number of aliphatic hydroxyl groups is 4. The monoisotopic (exact) mass is 606 g/mol. The summed E-state index contributed by atoms with van der Waals surface area (Å²) in [5.41, 5.74) is 2.84. The number of hydrogen-bond acceptors (Lipinski definition) is 9. The molecule has 0 aromatic heterocycles. The van der Waals surface area contributed by atoms with Crippen LogP contribution in [0.15, 0.2) is 34.9 Å². The van der Waals surface area contributed by atoms with Gasteiger partial charge in [-0.05, 0) is 75.4 Å². The van der Waals surface area contributed by atoms with E-state index >= 15 is 0 Å². The van der Waals surface area contributed by atoms with E-state index in [1.165, 1.54) is 5.57 Å². The van der Waals surface area contributed by atoms with E-state index in [2.05, 4.69) is 45.9 Å². The van der Waals surface area contributed by atoms with Crippen LogP contribution in [-0.4, -0.2) is 96.1 Å². The molecule has 5 rings (SSSR count). The van der Waals surface area contributed by atoms with Crippen molar-refractivity contribution in [3.05, 3.63) is 34.9 Å². The Morgan fingerprint density at radius 1 is 1.00 bits per heavy atom. The lowest BCUT2D eigenvalue weighted by Crippen LogP contribution is -2.61. The van der Waals surface area contributed by atoms with Crippen molar-refractivity contribution in [2.45, 2.75) is 116 Å². The first kappa shape index (κ1) is 33.2. The molecule has 0 bridgehead atoms. The molecule has 3 fully saturated rings. The van der Waals surface area contributed by atoms with E-state index in [1.807, 2.05) is 13.8 Å². The van der Waals surface area contributed by atoms with Gasteiger partial charge in [-0.15, -0.1) is 0 Å². The first-order valence-electron chi connectivity index (χ1n) is 16.3. The summed E-state index contributed by atoms with van der Waals surface area (Å²) < 4.78 is 30.4. The van der Waals surface area contributed by atoms with Gasteiger partial charge in [0, 0.05) is 31.0 Å². The maximum absolute atomic E-state index is 12.1. The van der Waals surface area contributed by atoms with Crippen molar-refractivity contribution in [1.82, 2.24) is 0 Å². The van der Waals surface area contributed by atoms with Crippen molar-refractivity contribution in [2.75, 3.05) is 26.9 Å². The molecule has 1 saturated heterocycles. The zero-order valence-electron chi connectivity index (χ0n) is 26.9. The van der Waals surface area contributed by atoms with Crippen LogP contribution >= 0.6 is 0 Å². The average molecular weight is 607 g/mol. The van der Waals surface area contributed by atoms with Crippen LogP contribution in [0.5, 0.6) is 0 Å². The third kappa shape index (κ3) is 6.31. The number of fused-ring (bicyclic) bond motifs is 2. The summed E-state index contributed by atoms with van der Waals surface area (Å²) in [6.45, 7) is 13.4. The minimum Gasteiger partial charge on any atom is -0.390 e. The van der Waals surface area contributed by atoms with Gasteiger partial charge >= 0.3 is 0 Å². The highest BCUT2D eigenvalue weighted by Crippen LogP contribution is 2.53. The zero-order valence-corrected chi connectivity index (χ0v) is 26.9. The third-order valence-electron chi connectivity index (χ3n) is 10.7. The van der Waals surface area contributed by atoms with Gasteiger partial charge in [-0.2, -0.15) is 0 Å². The molecule has 43 heavy (non-hydrogen) atoms. The minimum absolute atomic E-state index is 0.0459. The number of aliphatic hydroxyl groups excluding tert-OH is 4. The molecule has 5 unspecified atom stereocenters. The topological polar surface area (TPSA) is 127 Å². The number of hydrogen-bond donors (Lipinski definition) is 4. The van der Waals surface area contributed by atoms with E-state index in [4.69, 9.17) is 23.7 Å². The smallest absolute Gasteiger partial charge is 0.187 e. The second-order valence-electron chi connectivity index (χ2n) is 14.1. The minimum atomic E-state index is -1.52. The molecule has 244 valence electrons. The normalized spacial score (nSPS) is 44.0. The van der Waals surface area contributed by atoms with Crippen molar-refractivity contribution in [2.24, 2.45) is 35.0 Å². The van der Waals surface area contributed by atoms with E-state index in [1.54, 1.807) is 7.11 Å². The van der Waals surface area contributed by atoms with E-state index in [-0.39, 0.29) is 30.3 Å². The quantitative estimate of drug-likeness (QED) is 0.207. The molecule has 0 radical (unpaired) electrons. The lowest BCUT2D eigenvalue weighted by Gasteiger charge is -2.46. The van der Waals surface area contributed by atoms with Gasteiger partial charge in [-0.25, -0.2) is 0 Å². The first-order valence-corrected chi connectivity index (χ1v) is 16.3. The first-order chi connectivity index (χ1) is 20.3. The van der Waals surface area contributed by atoms with Crippen LogP contribution in [-0.2, 0) is 23.7 Å². The van der Waals surface area contributed by atoms with Crippen molar-refractivity contribution in [3.63, 3.8) is 0 Å². The van der Waals surface area contributed by atoms with Crippen LogP contribution in [0, 0.1) is 35.0 Å². The average Bonchev–Trinajstić information content (AvgIpc) is 3.69. The van der Waals surface area contributed by atoms with Crippen molar-refractivity contribution in [1.29, 1.82) is 0 Å². The maximum Gasteiger partial charge on any atom is 0.187 e. The Hall–Kier alpha value is -1.14. The van der Waals surface area contributed by atoms with Crippen LogP contribution in [0.3, 0.4) is 0 Å². The second kappa shape index (κ2) is 12.9. The van der Waals surface area contributed by atoms with Crippen LogP contribution < -0.4 is 0 Å². The molecule has 0 aromatic rings. The fraction of sp³-hybridized carbons (Fsp3) is 0.824. The van der Waals surface area contributed by atoms with Gasteiger partial charge in [0.25, 0.3) is 0 Å². The predicted octanol–water partition coefficient (Wildman–Crippen LogP) is 3.50. The molecule has 2 saturated carbocycles. The summed E-state index contributed by atoms with van der Waals surface area (Å²) in [6, 6.07) is 0. The molecule has 12 atom stereocenters. The fourth-order valence-corrected chi connectivity index (χ4v) is 7.95. The molecule has 0 spiro atoms. The van der Waals surface area contributed by atoms with E-state index in [0.29, 0.717) is 19.1 Å². The number of allylic oxidation sites excluding steroid dienone is 4. The Labute approximate surface area is 256 Å². The molecule has 1 heterocycles. The molecule has 9 heteroatoms. The molecule has 5 aliphatic rings. The number of rotatable bonds is 11. The third-order valence-corrected chi connectivity index (χ3v) is 10.7. The second-order valence-corrected chi connectivity index (χ2v) is 14.1. The predicted molar refractivity (Wildman–Crippen MR) is 161 cm³/mol. The lowest BCUT2D eigenvalue weighted by molar-refractivity contribution is -0.330. The van der Waals surface area contributed by atoms with Crippen molar-refractivity contribution < 1.29 is 44.1 Å². The Kier molecular flexibility index (Phi) is 9.99. The number of ether oxygens (including phenoxy) is 5. The zero-order chi connectivity index (χ0) is 31.3. The summed E-state index contributed by atoms with van der Waals surface area (Å²) in [5.74, 6) is -0.0619. The summed E-state index contributed by atoms with van der Waals surface area (Å²) >= 11 is 0. The van der Waals surface area contributed by atoms with Gasteiger partial charge in [-0.3, -0.25) is 0 Å². The molecule has 9 nitrogen and oxygen atoms in total. The Balaban J connectivity index is 1.45. The Morgan fingerprint density at radius 2 is 1.72 bits per heavy atom. The molecule has 4 N–H and O–H groups in total. The molecular formula is C34H54O9. The summed E-state index contributed by atoms with van der Waals surface area (Å²) in [4.78, 5) is 0. The van der Waals surface area contributed by atoms with Gasteiger partial charge in [0.2, 0.25) is 0 Å². The molecule has 0 aromatic carbocycles. The van der Waals surface area contributed by atoms with Crippen LogP contribution in [0.4, 0.5) is 0 Å². The van der Waals surface area contributed by atoms with Crippen LogP contribution in [0.25, 0.3) is 0 Å². The van der Waals surface area contributed by atoms with Gasteiger partial charge in [0.05, 0.1) is 19.3 Å². The van der Waals surface area contributed by atoms with E-state index < -0.39 is 54.1 Å². The molecule has 1 aliphatic heterocycles. The van der Waals surface area contributed by atoms with Crippen LogP contribution in [0.2, 0.25) is 0 Å². The maximum atomic E-state index is 12.1. The van der Waals surface area contributed by atoms with Crippen molar-refractivity contribution >= 4 is 0 Å². The summed E-state index contributed by atoms with van der Waals surface area (Å²) in [5, 5.41) is 45.0. The molecule has 0 amide bonds. The standard InChI is InChI=1S/C34H54O9/c1-8-40-34(6,21-10-11-21)41-17-25-28(36)29(37)30(38)32(42-25)43-31-26-22(18(2)3)13-14-33(26,5)15-24-20(16-39-7)9-12-23(24)19(4)27(31)35/h13-15,18-21,23,25,27-32,35-38H,8-12,16-17H2,1-7H3/b24-15-/t19-,20-,23+,25-,27-,28?,29?,30?,31-,32-,33?,34?/m1/s1. The van der Waals surface area contributed by atoms with Gasteiger partial charge < -0.3 is 44.1 Å².